The van der Waals surface area contributed by atoms with Gasteiger partial charge in [-0.15, -0.1) is 10.2 Å². The first-order chi connectivity index (χ1) is 12.7. The molecular formula is C20H22N4O2. The van der Waals surface area contributed by atoms with Gasteiger partial charge in [-0.25, -0.2) is 0 Å². The van der Waals surface area contributed by atoms with E-state index in [1.165, 1.54) is 0 Å². The Morgan fingerprint density at radius 1 is 0.923 bits per heavy atom. The van der Waals surface area contributed by atoms with Crippen molar-refractivity contribution in [3.8, 4) is 17.2 Å². The molecule has 1 aromatic heterocycles. The van der Waals surface area contributed by atoms with Crippen LogP contribution in [0.15, 0.2) is 59.0 Å². The maximum absolute atomic E-state index is 10.0. The number of hydrogen-bond acceptors (Lipinski definition) is 6. The fraction of sp³-hybridized carbons (Fsp3) is 0.300. The molecule has 1 atom stereocenters. The molecule has 0 amide bonds. The molecule has 1 unspecified atom stereocenters. The molecule has 0 aliphatic carbocycles. The van der Waals surface area contributed by atoms with Gasteiger partial charge in [-0.1, -0.05) is 30.3 Å². The highest BCUT2D eigenvalue weighted by molar-refractivity contribution is 5.57. The highest BCUT2D eigenvalue weighted by Crippen LogP contribution is 2.29. The molecule has 0 radical (unpaired) electrons. The minimum absolute atomic E-state index is 0.0616. The predicted octanol–water partition coefficient (Wildman–Crippen LogP) is 3.33. The average molecular weight is 350 g/mol. The molecule has 0 saturated carbocycles. The first-order valence-corrected chi connectivity index (χ1v) is 8.88. The van der Waals surface area contributed by atoms with E-state index in [-0.39, 0.29) is 6.04 Å². The van der Waals surface area contributed by atoms with Crippen molar-refractivity contribution in [3.63, 3.8) is 0 Å². The molecule has 2 aromatic carbocycles. The summed E-state index contributed by atoms with van der Waals surface area (Å²) in [6, 6.07) is 17.4. The van der Waals surface area contributed by atoms with Crippen molar-refractivity contribution in [2.24, 2.45) is 0 Å². The molecular weight excluding hydrogens is 328 g/mol. The van der Waals surface area contributed by atoms with Crippen LogP contribution in [0.1, 0.15) is 18.9 Å². The van der Waals surface area contributed by atoms with Crippen molar-refractivity contribution in [1.82, 2.24) is 15.1 Å². The Balaban J connectivity index is 1.42. The van der Waals surface area contributed by atoms with Crippen molar-refractivity contribution < 1.29 is 9.52 Å². The highest BCUT2D eigenvalue weighted by Gasteiger charge is 2.26. The van der Waals surface area contributed by atoms with Gasteiger partial charge in [0, 0.05) is 31.7 Å². The molecule has 3 aromatic rings. The highest BCUT2D eigenvalue weighted by atomic mass is 16.4. The van der Waals surface area contributed by atoms with E-state index in [0.717, 1.165) is 37.4 Å². The van der Waals surface area contributed by atoms with Crippen LogP contribution in [0.4, 0.5) is 5.69 Å². The molecule has 0 spiro atoms. The Bertz CT molecular complexity index is 857. The van der Waals surface area contributed by atoms with E-state index in [1.54, 1.807) is 6.07 Å². The molecule has 1 aliphatic heterocycles. The van der Waals surface area contributed by atoms with Crippen LogP contribution in [-0.4, -0.2) is 46.4 Å². The number of anilines is 1. The van der Waals surface area contributed by atoms with E-state index in [9.17, 15) is 5.11 Å². The van der Waals surface area contributed by atoms with Crippen LogP contribution in [0.2, 0.25) is 0 Å². The van der Waals surface area contributed by atoms with Gasteiger partial charge in [0.05, 0.1) is 11.7 Å². The quantitative estimate of drug-likeness (QED) is 0.779. The summed E-state index contributed by atoms with van der Waals surface area (Å²) in [6.45, 7) is 5.54. The number of rotatable bonds is 4. The van der Waals surface area contributed by atoms with Crippen molar-refractivity contribution in [2.75, 3.05) is 31.1 Å². The predicted molar refractivity (Wildman–Crippen MR) is 100 cm³/mol. The lowest BCUT2D eigenvalue weighted by Crippen LogP contribution is -2.47. The largest absolute Gasteiger partial charge is 0.506 e. The number of phenols is 1. The Hall–Kier alpha value is -2.86. The lowest BCUT2D eigenvalue weighted by atomic mass is 10.2. The zero-order chi connectivity index (χ0) is 17.9. The normalized spacial score (nSPS) is 16.6. The number of piperazine rings is 1. The molecule has 2 heterocycles. The number of nitrogens with zero attached hydrogens (tertiary/aromatic N) is 4. The van der Waals surface area contributed by atoms with Crippen molar-refractivity contribution >= 4 is 5.69 Å². The van der Waals surface area contributed by atoms with Gasteiger partial charge in [-0.3, -0.25) is 4.90 Å². The minimum atomic E-state index is 0.0616. The molecule has 4 rings (SSSR count). The monoisotopic (exact) mass is 350 g/mol. The standard InChI is InChI=1S/C20H22N4O2/c1-15(19-21-22-20(26-19)16-7-3-2-4-8-16)23-11-13-24(14-12-23)17-9-5-6-10-18(17)25/h2-10,15,25H,11-14H2,1H3. The third-order valence-corrected chi connectivity index (χ3v) is 4.90. The van der Waals surface area contributed by atoms with Crippen molar-refractivity contribution in [3.05, 3.63) is 60.5 Å². The summed E-state index contributed by atoms with van der Waals surface area (Å²) in [5.41, 5.74) is 1.83. The zero-order valence-electron chi connectivity index (χ0n) is 14.7. The van der Waals surface area contributed by atoms with Gasteiger partial charge in [-0.2, -0.15) is 0 Å². The van der Waals surface area contributed by atoms with E-state index >= 15 is 0 Å². The van der Waals surface area contributed by atoms with Gasteiger partial charge < -0.3 is 14.4 Å². The second kappa shape index (κ2) is 7.17. The van der Waals surface area contributed by atoms with Crippen molar-refractivity contribution in [1.29, 1.82) is 0 Å². The molecule has 1 saturated heterocycles. The Labute approximate surface area is 152 Å². The average Bonchev–Trinajstić information content (AvgIpc) is 3.19. The van der Waals surface area contributed by atoms with Crippen molar-refractivity contribution in [2.45, 2.75) is 13.0 Å². The number of hydrogen-bond donors (Lipinski definition) is 1. The lowest BCUT2D eigenvalue weighted by Gasteiger charge is -2.38. The minimum Gasteiger partial charge on any atom is -0.506 e. The topological polar surface area (TPSA) is 65.6 Å². The summed E-state index contributed by atoms with van der Waals surface area (Å²) < 4.78 is 5.90. The second-order valence-electron chi connectivity index (χ2n) is 6.50. The third kappa shape index (κ3) is 3.28. The molecule has 6 heteroatoms. The molecule has 1 aliphatic rings. The van der Waals surface area contributed by atoms with E-state index in [0.29, 0.717) is 17.5 Å². The summed E-state index contributed by atoms with van der Waals surface area (Å²) >= 11 is 0. The smallest absolute Gasteiger partial charge is 0.247 e. The summed E-state index contributed by atoms with van der Waals surface area (Å²) in [4.78, 5) is 4.54. The number of para-hydroxylation sites is 2. The zero-order valence-corrected chi connectivity index (χ0v) is 14.7. The van der Waals surface area contributed by atoms with Crippen LogP contribution < -0.4 is 4.90 Å². The van der Waals surface area contributed by atoms with Gasteiger partial charge in [0.1, 0.15) is 5.75 Å². The maximum atomic E-state index is 10.0. The van der Waals surface area contributed by atoms with Gasteiger partial charge in [0.2, 0.25) is 11.8 Å². The van der Waals surface area contributed by atoms with Crippen LogP contribution in [-0.2, 0) is 0 Å². The summed E-state index contributed by atoms with van der Waals surface area (Å²) in [7, 11) is 0. The van der Waals surface area contributed by atoms with Gasteiger partial charge >= 0.3 is 0 Å². The molecule has 0 bridgehead atoms. The second-order valence-corrected chi connectivity index (χ2v) is 6.50. The van der Waals surface area contributed by atoms with Crippen LogP contribution in [0.3, 0.4) is 0 Å². The molecule has 1 N–H and O–H groups in total. The summed E-state index contributed by atoms with van der Waals surface area (Å²) in [5, 5.41) is 18.5. The summed E-state index contributed by atoms with van der Waals surface area (Å²) in [5.74, 6) is 1.53. The first-order valence-electron chi connectivity index (χ1n) is 8.88. The fourth-order valence-corrected chi connectivity index (χ4v) is 3.34. The Morgan fingerprint density at radius 2 is 1.62 bits per heavy atom. The van der Waals surface area contributed by atoms with Crippen LogP contribution in [0.25, 0.3) is 11.5 Å². The van der Waals surface area contributed by atoms with E-state index in [2.05, 4.69) is 26.9 Å². The van der Waals surface area contributed by atoms with Crippen LogP contribution in [0.5, 0.6) is 5.75 Å². The van der Waals surface area contributed by atoms with Gasteiger partial charge in [-0.05, 0) is 31.2 Å². The Morgan fingerprint density at radius 3 is 2.35 bits per heavy atom. The molecule has 1 fully saturated rings. The van der Waals surface area contributed by atoms with Crippen LogP contribution in [0, 0.1) is 0 Å². The molecule has 26 heavy (non-hydrogen) atoms. The van der Waals surface area contributed by atoms with E-state index in [4.69, 9.17) is 4.42 Å². The number of aromatic hydroxyl groups is 1. The molecule has 6 nitrogen and oxygen atoms in total. The maximum Gasteiger partial charge on any atom is 0.247 e. The SMILES string of the molecule is CC(c1nnc(-c2ccccc2)o1)N1CCN(c2ccccc2O)CC1. The van der Waals surface area contributed by atoms with Gasteiger partial charge in [0.15, 0.2) is 0 Å². The van der Waals surface area contributed by atoms with Gasteiger partial charge in [0.25, 0.3) is 0 Å². The van der Waals surface area contributed by atoms with E-state index < -0.39 is 0 Å². The summed E-state index contributed by atoms with van der Waals surface area (Å²) in [6.07, 6.45) is 0. The fourth-order valence-electron chi connectivity index (χ4n) is 3.34. The number of aromatic nitrogens is 2. The van der Waals surface area contributed by atoms with Crippen LogP contribution >= 0.6 is 0 Å². The number of benzene rings is 2. The Kier molecular flexibility index (Phi) is 4.58. The van der Waals surface area contributed by atoms with E-state index in [1.807, 2.05) is 48.5 Å². The number of phenolic OH excluding ortho intramolecular Hbond substituents is 1. The first kappa shape index (κ1) is 16.6. The molecule has 134 valence electrons. The third-order valence-electron chi connectivity index (χ3n) is 4.90. The lowest BCUT2D eigenvalue weighted by molar-refractivity contribution is 0.173.